The van der Waals surface area contributed by atoms with E-state index >= 15 is 0 Å². The molecule has 0 saturated carbocycles. The molecule has 3 heterocycles. The van der Waals surface area contributed by atoms with Crippen LogP contribution < -0.4 is 20.1 Å². The quantitative estimate of drug-likeness (QED) is 0.154. The molecular weight excluding hydrogens is 619 g/mol. The zero-order chi connectivity index (χ0) is 33.6. The van der Waals surface area contributed by atoms with Gasteiger partial charge in [-0.1, -0.05) is 73.7 Å². The van der Waals surface area contributed by atoms with Crippen molar-refractivity contribution in [3.05, 3.63) is 114 Å². The van der Waals surface area contributed by atoms with E-state index in [1.54, 1.807) is 12.0 Å². The van der Waals surface area contributed by atoms with Gasteiger partial charge in [0.15, 0.2) is 5.60 Å². The van der Waals surface area contributed by atoms with Crippen LogP contribution in [0.3, 0.4) is 0 Å². The lowest BCUT2D eigenvalue weighted by Crippen LogP contribution is -2.51. The number of nitrogens with zero attached hydrogens (tertiary/aromatic N) is 1. The molecule has 2 aliphatic rings. The van der Waals surface area contributed by atoms with Gasteiger partial charge in [-0.05, 0) is 66.1 Å². The van der Waals surface area contributed by atoms with Gasteiger partial charge in [0.05, 0.1) is 33.4 Å². The Morgan fingerprint density at radius 1 is 1.02 bits per heavy atom. The van der Waals surface area contributed by atoms with Crippen molar-refractivity contribution >= 4 is 53.0 Å². The summed E-state index contributed by atoms with van der Waals surface area (Å²) in [5, 5.41) is 15.6. The van der Waals surface area contributed by atoms with E-state index in [4.69, 9.17) is 9.47 Å². The van der Waals surface area contributed by atoms with Crippen LogP contribution in [0.25, 0.3) is 10.9 Å². The van der Waals surface area contributed by atoms with Crippen molar-refractivity contribution in [1.29, 1.82) is 0 Å². The number of hydrogen-bond donors (Lipinski definition) is 3. The fourth-order valence-electron chi connectivity index (χ4n) is 8.20. The van der Waals surface area contributed by atoms with Gasteiger partial charge in [-0.15, -0.1) is 0 Å². The summed E-state index contributed by atoms with van der Waals surface area (Å²) in [5.74, 6) is 0.265. The van der Waals surface area contributed by atoms with E-state index in [0.29, 0.717) is 12.1 Å². The van der Waals surface area contributed by atoms with Crippen LogP contribution in [0.2, 0.25) is 18.6 Å². The molecule has 0 unspecified atom stereocenters. The Kier molecular flexibility index (Phi) is 8.23. The Hall–Kier alpha value is -4.70. The number of carbonyl (C=O) groups excluding carboxylic acids is 2. The van der Waals surface area contributed by atoms with Crippen molar-refractivity contribution in [2.75, 3.05) is 23.9 Å². The van der Waals surface area contributed by atoms with E-state index in [1.807, 2.05) is 91.1 Å². The maximum atomic E-state index is 15.0. The summed E-state index contributed by atoms with van der Waals surface area (Å²) in [6, 6.07) is 31.4. The minimum Gasteiger partial charge on any atom is -0.497 e. The number of para-hydroxylation sites is 2. The van der Waals surface area contributed by atoms with Gasteiger partial charge in [-0.3, -0.25) is 14.5 Å². The van der Waals surface area contributed by atoms with Gasteiger partial charge in [0.25, 0.3) is 5.91 Å². The smallest absolute Gasteiger partial charge is 0.268 e. The molecule has 1 spiro atoms. The molecule has 246 valence electrons. The zero-order valence-corrected chi connectivity index (χ0v) is 28.7. The molecule has 4 atom stereocenters. The molecule has 8 nitrogen and oxygen atoms in total. The van der Waals surface area contributed by atoms with E-state index < -0.39 is 13.7 Å². The molecule has 0 aliphatic carbocycles. The second-order valence-electron chi connectivity index (χ2n) is 13.5. The number of rotatable bonds is 9. The number of aliphatic hydroxyl groups excluding tert-OH is 1. The second kappa shape index (κ2) is 12.4. The standard InChI is InChI=1S/C39H41N3O5Si/c1-25-37(48(3,4)30-17-15-29(46-2)16-18-30)35(20-21-43)47-39(25)32-23-27(14-19-34(32)42(38(39)45)28-10-6-5-7-11-28)41-36(44)22-26-24-40-33-13-9-8-12-31(26)33/h5-19,23-25,35,37,40,43H,20-22H2,1-4H3,(H,41,44)/t25-,35+,37-,39+/m1/s1. The van der Waals surface area contributed by atoms with Crippen molar-refractivity contribution in [2.24, 2.45) is 5.92 Å². The van der Waals surface area contributed by atoms with Crippen LogP contribution in [0.1, 0.15) is 24.5 Å². The Bertz CT molecular complexity index is 1980. The van der Waals surface area contributed by atoms with Gasteiger partial charge < -0.3 is 24.9 Å². The number of H-pyrrole nitrogens is 1. The van der Waals surface area contributed by atoms with Crippen molar-refractivity contribution < 1.29 is 24.2 Å². The van der Waals surface area contributed by atoms with Crippen molar-refractivity contribution in [1.82, 2.24) is 4.98 Å². The predicted molar refractivity (Wildman–Crippen MR) is 192 cm³/mol. The number of aromatic nitrogens is 1. The van der Waals surface area contributed by atoms with Crippen LogP contribution in [0.15, 0.2) is 103 Å². The predicted octanol–water partition coefficient (Wildman–Crippen LogP) is 6.63. The average Bonchev–Trinajstić information content (AvgIpc) is 3.71. The highest BCUT2D eigenvalue weighted by molar-refractivity contribution is 6.91. The molecule has 0 bridgehead atoms. The number of anilines is 3. The van der Waals surface area contributed by atoms with Crippen LogP contribution in [0.4, 0.5) is 17.1 Å². The van der Waals surface area contributed by atoms with Gasteiger partial charge in [0.2, 0.25) is 5.91 Å². The summed E-state index contributed by atoms with van der Waals surface area (Å²) in [4.78, 5) is 33.4. The first-order chi connectivity index (χ1) is 23.2. The Balaban J connectivity index is 1.29. The molecule has 1 aromatic heterocycles. The fourth-order valence-corrected chi connectivity index (χ4v) is 12.3. The number of aromatic amines is 1. The first-order valence-electron chi connectivity index (χ1n) is 16.5. The lowest BCUT2D eigenvalue weighted by atomic mass is 9.82. The molecule has 48 heavy (non-hydrogen) atoms. The number of fused-ring (bicyclic) bond motifs is 3. The molecule has 1 fully saturated rings. The summed E-state index contributed by atoms with van der Waals surface area (Å²) >= 11 is 0. The van der Waals surface area contributed by atoms with Crippen molar-refractivity contribution in [2.45, 2.75) is 50.1 Å². The highest BCUT2D eigenvalue weighted by Crippen LogP contribution is 2.61. The SMILES string of the molecule is COc1ccc([Si](C)(C)[C@H]2[C@H](CCO)O[C@@]3(C(=O)N(c4ccccc4)c4ccc(NC(=O)Cc5c[nH]c6ccccc56)cc43)[C@@H]2C)cc1. The highest BCUT2D eigenvalue weighted by Gasteiger charge is 2.66. The number of methoxy groups -OCH3 is 1. The number of benzene rings is 4. The first kappa shape index (κ1) is 31.9. The third kappa shape index (κ3) is 5.13. The van der Waals surface area contributed by atoms with E-state index in [1.165, 1.54) is 5.19 Å². The van der Waals surface area contributed by atoms with Gasteiger partial charge in [0.1, 0.15) is 5.75 Å². The van der Waals surface area contributed by atoms with Crippen molar-refractivity contribution in [3.63, 3.8) is 0 Å². The summed E-state index contributed by atoms with van der Waals surface area (Å²) in [5.41, 5.74) is 3.43. The third-order valence-corrected chi connectivity index (χ3v) is 14.8. The topological polar surface area (TPSA) is 104 Å². The number of aliphatic hydroxyl groups is 1. The van der Waals surface area contributed by atoms with Crippen LogP contribution in [-0.4, -0.2) is 49.8 Å². The zero-order valence-electron chi connectivity index (χ0n) is 27.7. The van der Waals surface area contributed by atoms with Crippen molar-refractivity contribution in [3.8, 4) is 5.75 Å². The lowest BCUT2D eigenvalue weighted by molar-refractivity contribution is -0.145. The van der Waals surface area contributed by atoms with Crippen LogP contribution in [0, 0.1) is 5.92 Å². The van der Waals surface area contributed by atoms with Crippen LogP contribution in [-0.2, 0) is 26.3 Å². The summed E-state index contributed by atoms with van der Waals surface area (Å²) in [6.07, 6.45) is 2.15. The maximum absolute atomic E-state index is 15.0. The van der Waals surface area contributed by atoms with Gasteiger partial charge in [0, 0.05) is 46.6 Å². The van der Waals surface area contributed by atoms with Gasteiger partial charge in [-0.25, -0.2) is 0 Å². The molecular formula is C39H41N3O5Si. The number of amides is 2. The minimum absolute atomic E-state index is 0.00527. The average molecular weight is 660 g/mol. The lowest BCUT2D eigenvalue weighted by Gasteiger charge is -2.37. The molecule has 2 amide bonds. The first-order valence-corrected chi connectivity index (χ1v) is 19.6. The second-order valence-corrected chi connectivity index (χ2v) is 18.1. The van der Waals surface area contributed by atoms with E-state index in [2.05, 4.69) is 42.5 Å². The monoisotopic (exact) mass is 659 g/mol. The molecule has 1 saturated heterocycles. The third-order valence-electron chi connectivity index (χ3n) is 10.5. The van der Waals surface area contributed by atoms with E-state index in [-0.39, 0.29) is 42.4 Å². The molecule has 9 heteroatoms. The van der Waals surface area contributed by atoms with E-state index in [9.17, 15) is 14.7 Å². The van der Waals surface area contributed by atoms with E-state index in [0.717, 1.165) is 39.2 Å². The van der Waals surface area contributed by atoms with Gasteiger partial charge >= 0.3 is 0 Å². The fraction of sp³-hybridized carbons (Fsp3) is 0.282. The minimum atomic E-state index is -2.33. The summed E-state index contributed by atoms with van der Waals surface area (Å²) in [7, 11) is -0.666. The molecule has 0 radical (unpaired) electrons. The van der Waals surface area contributed by atoms with Gasteiger partial charge in [-0.2, -0.15) is 0 Å². The molecule has 4 aromatic carbocycles. The largest absolute Gasteiger partial charge is 0.497 e. The Labute approximate surface area is 281 Å². The number of nitrogens with one attached hydrogen (secondary N) is 2. The molecule has 5 aromatic rings. The number of hydrogen-bond acceptors (Lipinski definition) is 5. The Morgan fingerprint density at radius 2 is 1.75 bits per heavy atom. The molecule has 3 N–H and O–H groups in total. The van der Waals surface area contributed by atoms with Crippen LogP contribution in [0.5, 0.6) is 5.75 Å². The maximum Gasteiger partial charge on any atom is 0.268 e. The molecule has 2 aliphatic heterocycles. The summed E-state index contributed by atoms with van der Waals surface area (Å²) < 4.78 is 12.5. The van der Waals surface area contributed by atoms with Crippen LogP contribution >= 0.6 is 0 Å². The number of ether oxygens (including phenoxy) is 2. The Morgan fingerprint density at radius 3 is 2.48 bits per heavy atom. The highest BCUT2D eigenvalue weighted by atomic mass is 28.3. The molecule has 7 rings (SSSR count). The summed E-state index contributed by atoms with van der Waals surface area (Å²) in [6.45, 7) is 6.71. The normalized spacial score (nSPS) is 22.0. The number of carbonyl (C=O) groups is 2.